The SMILES string of the molecule is Cc1ccc(C#N)c(NCCn2cc(C(=O)O)nn2)c1. The van der Waals surface area contributed by atoms with Gasteiger partial charge in [-0.15, -0.1) is 5.10 Å². The first-order valence-electron chi connectivity index (χ1n) is 5.98. The Bertz CT molecular complexity index is 672. The maximum Gasteiger partial charge on any atom is 0.358 e. The van der Waals surface area contributed by atoms with E-state index in [1.165, 1.54) is 10.9 Å². The van der Waals surface area contributed by atoms with Gasteiger partial charge in [-0.05, 0) is 24.6 Å². The van der Waals surface area contributed by atoms with Crippen LogP contribution in [0.1, 0.15) is 21.6 Å². The molecule has 1 aromatic heterocycles. The first-order chi connectivity index (χ1) is 9.60. The number of carboxylic acid groups (broad SMARTS) is 1. The second-order valence-corrected chi connectivity index (χ2v) is 4.26. The van der Waals surface area contributed by atoms with Crippen molar-refractivity contribution in [1.82, 2.24) is 15.0 Å². The van der Waals surface area contributed by atoms with Gasteiger partial charge in [0.2, 0.25) is 0 Å². The molecular formula is C13H13N5O2. The first kappa shape index (κ1) is 13.5. The van der Waals surface area contributed by atoms with Crippen LogP contribution in [0, 0.1) is 18.3 Å². The summed E-state index contributed by atoms with van der Waals surface area (Å²) in [5, 5.41) is 28.1. The molecule has 1 aromatic carbocycles. The predicted molar refractivity (Wildman–Crippen MR) is 71.4 cm³/mol. The molecule has 1 heterocycles. The number of anilines is 1. The number of carbonyl (C=O) groups is 1. The molecule has 0 aliphatic carbocycles. The number of hydrogen-bond donors (Lipinski definition) is 2. The molecule has 0 aliphatic rings. The van der Waals surface area contributed by atoms with E-state index in [-0.39, 0.29) is 5.69 Å². The summed E-state index contributed by atoms with van der Waals surface area (Å²) in [6.07, 6.45) is 1.37. The van der Waals surface area contributed by atoms with E-state index in [1.807, 2.05) is 19.1 Å². The summed E-state index contributed by atoms with van der Waals surface area (Å²) in [5.74, 6) is -1.10. The molecule has 0 saturated carbocycles. The van der Waals surface area contributed by atoms with Crippen molar-refractivity contribution in [2.45, 2.75) is 13.5 Å². The van der Waals surface area contributed by atoms with E-state index in [0.717, 1.165) is 11.3 Å². The van der Waals surface area contributed by atoms with Crippen molar-refractivity contribution in [2.24, 2.45) is 0 Å². The van der Waals surface area contributed by atoms with Gasteiger partial charge in [-0.1, -0.05) is 11.3 Å². The molecule has 2 N–H and O–H groups in total. The molecule has 0 saturated heterocycles. The number of aromatic carboxylic acids is 1. The Kier molecular flexibility index (Phi) is 3.96. The normalized spacial score (nSPS) is 10.0. The average Bonchev–Trinajstić information content (AvgIpc) is 2.88. The highest BCUT2D eigenvalue weighted by molar-refractivity contribution is 5.84. The number of aromatic nitrogens is 3. The summed E-state index contributed by atoms with van der Waals surface area (Å²) in [5.41, 5.74) is 2.30. The molecule has 0 atom stereocenters. The van der Waals surface area contributed by atoms with Gasteiger partial charge in [0.25, 0.3) is 0 Å². The number of benzene rings is 1. The maximum atomic E-state index is 10.7. The monoisotopic (exact) mass is 271 g/mol. The zero-order valence-electron chi connectivity index (χ0n) is 10.9. The second kappa shape index (κ2) is 5.84. The van der Waals surface area contributed by atoms with Gasteiger partial charge in [-0.25, -0.2) is 9.48 Å². The van der Waals surface area contributed by atoms with E-state index in [1.54, 1.807) is 6.07 Å². The van der Waals surface area contributed by atoms with Gasteiger partial charge in [0, 0.05) is 6.54 Å². The molecule has 2 rings (SSSR count). The van der Waals surface area contributed by atoms with Crippen LogP contribution in [0.4, 0.5) is 5.69 Å². The van der Waals surface area contributed by atoms with E-state index in [2.05, 4.69) is 21.7 Å². The Morgan fingerprint density at radius 2 is 2.35 bits per heavy atom. The molecule has 0 amide bonds. The highest BCUT2D eigenvalue weighted by Gasteiger charge is 2.08. The predicted octanol–water partition coefficient (Wildman–Crippen LogP) is 1.27. The van der Waals surface area contributed by atoms with Crippen molar-refractivity contribution >= 4 is 11.7 Å². The first-order valence-corrected chi connectivity index (χ1v) is 5.98. The van der Waals surface area contributed by atoms with Crippen molar-refractivity contribution < 1.29 is 9.90 Å². The van der Waals surface area contributed by atoms with Gasteiger partial charge in [0.05, 0.1) is 24.0 Å². The van der Waals surface area contributed by atoms with Gasteiger partial charge in [-0.2, -0.15) is 5.26 Å². The summed E-state index contributed by atoms with van der Waals surface area (Å²) in [7, 11) is 0. The fourth-order valence-corrected chi connectivity index (χ4v) is 1.71. The summed E-state index contributed by atoms with van der Waals surface area (Å²) in [4.78, 5) is 10.7. The van der Waals surface area contributed by atoms with E-state index in [9.17, 15) is 4.79 Å². The fourth-order valence-electron chi connectivity index (χ4n) is 1.71. The Morgan fingerprint density at radius 3 is 3.00 bits per heavy atom. The van der Waals surface area contributed by atoms with E-state index >= 15 is 0 Å². The van der Waals surface area contributed by atoms with E-state index < -0.39 is 5.97 Å². The third-order valence-corrected chi connectivity index (χ3v) is 2.71. The summed E-state index contributed by atoms with van der Waals surface area (Å²) in [6, 6.07) is 7.64. The van der Waals surface area contributed by atoms with Gasteiger partial charge in [0.15, 0.2) is 5.69 Å². The van der Waals surface area contributed by atoms with Gasteiger partial charge >= 0.3 is 5.97 Å². The van der Waals surface area contributed by atoms with Crippen LogP contribution < -0.4 is 5.32 Å². The molecule has 0 fully saturated rings. The Balaban J connectivity index is 1.97. The number of hydrogen-bond acceptors (Lipinski definition) is 5. The van der Waals surface area contributed by atoms with Crippen LogP contribution in [0.15, 0.2) is 24.4 Å². The highest BCUT2D eigenvalue weighted by Crippen LogP contribution is 2.16. The van der Waals surface area contributed by atoms with Crippen molar-refractivity contribution in [1.29, 1.82) is 5.26 Å². The van der Waals surface area contributed by atoms with Crippen LogP contribution in [-0.4, -0.2) is 32.6 Å². The van der Waals surface area contributed by atoms with Crippen molar-refractivity contribution in [2.75, 3.05) is 11.9 Å². The lowest BCUT2D eigenvalue weighted by atomic mass is 10.1. The number of aryl methyl sites for hydroxylation is 1. The molecule has 0 aliphatic heterocycles. The van der Waals surface area contributed by atoms with Gasteiger partial charge < -0.3 is 10.4 Å². The van der Waals surface area contributed by atoms with Crippen LogP contribution in [0.3, 0.4) is 0 Å². The minimum Gasteiger partial charge on any atom is -0.476 e. The largest absolute Gasteiger partial charge is 0.476 e. The van der Waals surface area contributed by atoms with Crippen molar-refractivity contribution in [3.63, 3.8) is 0 Å². The van der Waals surface area contributed by atoms with E-state index in [0.29, 0.717) is 18.7 Å². The van der Waals surface area contributed by atoms with Crippen molar-refractivity contribution in [3.05, 3.63) is 41.2 Å². The summed E-state index contributed by atoms with van der Waals surface area (Å²) < 4.78 is 1.44. The zero-order valence-corrected chi connectivity index (χ0v) is 10.9. The molecule has 0 radical (unpaired) electrons. The molecule has 102 valence electrons. The molecule has 0 unspecified atom stereocenters. The van der Waals surface area contributed by atoms with Crippen LogP contribution in [0.2, 0.25) is 0 Å². The minimum atomic E-state index is -1.10. The quantitative estimate of drug-likeness (QED) is 0.848. The van der Waals surface area contributed by atoms with Crippen LogP contribution in [-0.2, 0) is 6.54 Å². The smallest absolute Gasteiger partial charge is 0.358 e. The lowest BCUT2D eigenvalue weighted by Gasteiger charge is -2.08. The maximum absolute atomic E-state index is 10.7. The molecule has 2 aromatic rings. The third-order valence-electron chi connectivity index (χ3n) is 2.71. The standard InChI is InChI=1S/C13H13N5O2/c1-9-2-3-10(7-14)11(6-9)15-4-5-18-8-12(13(19)20)16-17-18/h2-3,6,8,15H,4-5H2,1H3,(H,19,20). The third kappa shape index (κ3) is 3.11. The molecule has 0 spiro atoms. The minimum absolute atomic E-state index is 0.0849. The molecular weight excluding hydrogens is 258 g/mol. The fraction of sp³-hybridized carbons (Fsp3) is 0.231. The second-order valence-electron chi connectivity index (χ2n) is 4.26. The molecule has 7 nitrogen and oxygen atoms in total. The van der Waals surface area contributed by atoms with Gasteiger partial charge in [-0.3, -0.25) is 0 Å². The Labute approximate surface area is 115 Å². The van der Waals surface area contributed by atoms with E-state index in [4.69, 9.17) is 10.4 Å². The highest BCUT2D eigenvalue weighted by atomic mass is 16.4. The summed E-state index contributed by atoms with van der Waals surface area (Å²) in [6.45, 7) is 2.92. The number of nitrogens with one attached hydrogen (secondary N) is 1. The molecule has 0 bridgehead atoms. The topological polar surface area (TPSA) is 104 Å². The lowest BCUT2D eigenvalue weighted by Crippen LogP contribution is -2.12. The number of rotatable bonds is 5. The van der Waals surface area contributed by atoms with Crippen LogP contribution in [0.5, 0.6) is 0 Å². The van der Waals surface area contributed by atoms with Crippen LogP contribution >= 0.6 is 0 Å². The molecule has 20 heavy (non-hydrogen) atoms. The van der Waals surface area contributed by atoms with Crippen LogP contribution in [0.25, 0.3) is 0 Å². The lowest BCUT2D eigenvalue weighted by molar-refractivity contribution is 0.0690. The summed E-state index contributed by atoms with van der Waals surface area (Å²) >= 11 is 0. The zero-order chi connectivity index (χ0) is 14.5. The number of carboxylic acids is 1. The number of nitriles is 1. The molecule has 7 heteroatoms. The Morgan fingerprint density at radius 1 is 1.55 bits per heavy atom. The Hall–Kier alpha value is -2.88. The van der Waals surface area contributed by atoms with Gasteiger partial charge in [0.1, 0.15) is 6.07 Å². The number of nitrogens with zero attached hydrogens (tertiary/aromatic N) is 4. The van der Waals surface area contributed by atoms with Crippen molar-refractivity contribution in [3.8, 4) is 6.07 Å². The average molecular weight is 271 g/mol.